The zero-order valence-corrected chi connectivity index (χ0v) is 20.6. The molecule has 0 rings (SSSR count). The van der Waals surface area contributed by atoms with Crippen molar-refractivity contribution in [3.8, 4) is 0 Å². The number of carboxylic acids is 3. The van der Waals surface area contributed by atoms with Gasteiger partial charge in [0.15, 0.2) is 0 Å². The Morgan fingerprint density at radius 3 is 1.69 bits per heavy atom. The molecule has 0 fully saturated rings. The Labute approximate surface area is 204 Å². The summed E-state index contributed by atoms with van der Waals surface area (Å²) in [5, 5.41) is 34.4. The Morgan fingerprint density at radius 1 is 0.743 bits per heavy atom. The molecule has 200 valence electrons. The van der Waals surface area contributed by atoms with Crippen molar-refractivity contribution in [2.45, 2.75) is 90.4 Å². The number of carboxylic acid groups (broad SMARTS) is 3. The lowest BCUT2D eigenvalue weighted by atomic mass is 9.97. The molecule has 0 spiro atoms. The number of amides is 3. The fourth-order valence-electron chi connectivity index (χ4n) is 3.14. The minimum Gasteiger partial charge on any atom is -0.481 e. The lowest BCUT2D eigenvalue weighted by Crippen LogP contribution is -2.58. The van der Waals surface area contributed by atoms with Gasteiger partial charge in [0.2, 0.25) is 17.7 Å². The second kappa shape index (κ2) is 15.6. The normalized spacial score (nSPS) is 15.3. The van der Waals surface area contributed by atoms with E-state index in [0.717, 1.165) is 0 Å². The Morgan fingerprint density at radius 2 is 1.23 bits per heavy atom. The molecular weight excluding hydrogens is 464 g/mol. The van der Waals surface area contributed by atoms with E-state index in [0.29, 0.717) is 6.42 Å². The fourth-order valence-corrected chi connectivity index (χ4v) is 3.14. The van der Waals surface area contributed by atoms with Crippen molar-refractivity contribution in [1.82, 2.24) is 16.0 Å². The molecule has 0 radical (unpaired) electrons. The highest BCUT2D eigenvalue weighted by Gasteiger charge is 2.32. The van der Waals surface area contributed by atoms with E-state index in [1.165, 1.54) is 0 Å². The Balaban J connectivity index is 5.59. The molecule has 5 unspecified atom stereocenters. The molecule has 35 heavy (non-hydrogen) atoms. The fraction of sp³-hybridized carbons (Fsp3) is 0.727. The van der Waals surface area contributed by atoms with Gasteiger partial charge in [-0.25, -0.2) is 4.79 Å². The van der Waals surface area contributed by atoms with Gasteiger partial charge in [-0.2, -0.15) is 0 Å². The van der Waals surface area contributed by atoms with Gasteiger partial charge in [0.05, 0.1) is 6.04 Å². The number of nitrogens with two attached hydrogens (primary N) is 1. The first kappa shape index (κ1) is 31.8. The predicted molar refractivity (Wildman–Crippen MR) is 124 cm³/mol. The lowest BCUT2D eigenvalue weighted by Gasteiger charge is -2.27. The highest BCUT2D eigenvalue weighted by atomic mass is 16.4. The average molecular weight is 503 g/mol. The van der Waals surface area contributed by atoms with Crippen LogP contribution in [0.25, 0.3) is 0 Å². The molecule has 13 nitrogen and oxygen atoms in total. The van der Waals surface area contributed by atoms with E-state index in [-0.39, 0.29) is 37.5 Å². The summed E-state index contributed by atoms with van der Waals surface area (Å²) in [6, 6.07) is -4.92. The molecule has 0 aromatic heterocycles. The van der Waals surface area contributed by atoms with Gasteiger partial charge in [-0.05, 0) is 31.1 Å². The first-order chi connectivity index (χ1) is 16.2. The summed E-state index contributed by atoms with van der Waals surface area (Å²) in [6.45, 7) is 7.03. The van der Waals surface area contributed by atoms with E-state index in [1.807, 2.05) is 0 Å². The molecule has 13 heteroatoms. The molecule has 0 saturated heterocycles. The summed E-state index contributed by atoms with van der Waals surface area (Å²) in [4.78, 5) is 71.5. The van der Waals surface area contributed by atoms with E-state index in [9.17, 15) is 33.9 Å². The Bertz CT molecular complexity index is 772. The topological polar surface area (TPSA) is 225 Å². The van der Waals surface area contributed by atoms with Crippen LogP contribution in [0.3, 0.4) is 0 Å². The van der Waals surface area contributed by atoms with Crippen molar-refractivity contribution in [1.29, 1.82) is 0 Å². The number of hydrogen-bond donors (Lipinski definition) is 7. The SMILES string of the molecule is CCC(C)C(NC(=O)C(CC(C)C)NC(=O)C(CCC(=O)O)NC(=O)C(N)CCC(=O)O)C(=O)O. The van der Waals surface area contributed by atoms with Gasteiger partial charge < -0.3 is 37.0 Å². The van der Waals surface area contributed by atoms with Crippen molar-refractivity contribution in [3.63, 3.8) is 0 Å². The smallest absolute Gasteiger partial charge is 0.326 e. The molecule has 5 atom stereocenters. The monoisotopic (exact) mass is 502 g/mol. The first-order valence-corrected chi connectivity index (χ1v) is 11.5. The molecule has 0 bridgehead atoms. The van der Waals surface area contributed by atoms with Crippen LogP contribution in [0.1, 0.15) is 66.2 Å². The summed E-state index contributed by atoms with van der Waals surface area (Å²) in [5.41, 5.74) is 5.67. The van der Waals surface area contributed by atoms with E-state index in [1.54, 1.807) is 27.7 Å². The summed E-state index contributed by atoms with van der Waals surface area (Å²) in [5.74, 6) is -6.46. The highest BCUT2D eigenvalue weighted by Crippen LogP contribution is 2.11. The number of rotatable bonds is 17. The van der Waals surface area contributed by atoms with Crippen LogP contribution in [0, 0.1) is 11.8 Å². The Kier molecular flexibility index (Phi) is 14.2. The van der Waals surface area contributed by atoms with E-state index in [2.05, 4.69) is 16.0 Å². The minimum absolute atomic E-state index is 0.0746. The molecule has 3 amide bonds. The van der Waals surface area contributed by atoms with Gasteiger partial charge in [-0.15, -0.1) is 0 Å². The van der Waals surface area contributed by atoms with Crippen molar-refractivity contribution < 1.29 is 44.1 Å². The van der Waals surface area contributed by atoms with Crippen LogP contribution in [-0.4, -0.2) is 75.1 Å². The largest absolute Gasteiger partial charge is 0.481 e. The maximum absolute atomic E-state index is 12.9. The molecule has 0 aromatic rings. The molecule has 0 aliphatic heterocycles. The number of carbonyl (C=O) groups is 6. The molecule has 0 aliphatic rings. The second-order valence-electron chi connectivity index (χ2n) is 8.93. The van der Waals surface area contributed by atoms with E-state index >= 15 is 0 Å². The Hall–Kier alpha value is -3.22. The number of carbonyl (C=O) groups excluding carboxylic acids is 3. The van der Waals surface area contributed by atoms with Crippen LogP contribution in [-0.2, 0) is 28.8 Å². The zero-order valence-electron chi connectivity index (χ0n) is 20.6. The van der Waals surface area contributed by atoms with Crippen molar-refractivity contribution in [2.75, 3.05) is 0 Å². The second-order valence-corrected chi connectivity index (χ2v) is 8.93. The molecule has 0 aromatic carbocycles. The van der Waals surface area contributed by atoms with E-state index < -0.39 is 66.2 Å². The summed E-state index contributed by atoms with van der Waals surface area (Å²) >= 11 is 0. The third-order valence-electron chi connectivity index (χ3n) is 5.40. The predicted octanol–water partition coefficient (Wildman–Crippen LogP) is -0.325. The van der Waals surface area contributed by atoms with Gasteiger partial charge in [0.1, 0.15) is 18.1 Å². The number of nitrogens with one attached hydrogen (secondary N) is 3. The van der Waals surface area contributed by atoms with Crippen LogP contribution in [0.4, 0.5) is 0 Å². The van der Waals surface area contributed by atoms with Crippen LogP contribution in [0.2, 0.25) is 0 Å². The van der Waals surface area contributed by atoms with Crippen LogP contribution in [0.15, 0.2) is 0 Å². The molecule has 0 saturated carbocycles. The molecular formula is C22H38N4O9. The maximum Gasteiger partial charge on any atom is 0.326 e. The van der Waals surface area contributed by atoms with Gasteiger partial charge in [0.25, 0.3) is 0 Å². The quantitative estimate of drug-likeness (QED) is 0.137. The summed E-state index contributed by atoms with van der Waals surface area (Å²) in [6.07, 6.45) is -0.707. The third-order valence-corrected chi connectivity index (χ3v) is 5.40. The molecule has 0 aliphatic carbocycles. The van der Waals surface area contributed by atoms with Gasteiger partial charge >= 0.3 is 17.9 Å². The standard InChI is InChI=1S/C22H38N4O9/c1-5-12(4)18(22(34)35)26-21(33)15(10-11(2)3)25-20(32)14(7-9-17(29)30)24-19(31)13(23)6-8-16(27)28/h11-15,18H,5-10,23H2,1-4H3,(H,24,31)(H,25,32)(H,26,33)(H,27,28)(H,29,30)(H,34,35). The van der Waals surface area contributed by atoms with Crippen molar-refractivity contribution in [2.24, 2.45) is 17.6 Å². The molecule has 8 N–H and O–H groups in total. The van der Waals surface area contributed by atoms with Crippen LogP contribution >= 0.6 is 0 Å². The van der Waals surface area contributed by atoms with Crippen molar-refractivity contribution >= 4 is 35.6 Å². The minimum atomic E-state index is -1.36. The van der Waals surface area contributed by atoms with Crippen molar-refractivity contribution in [3.05, 3.63) is 0 Å². The van der Waals surface area contributed by atoms with Gasteiger partial charge in [-0.3, -0.25) is 24.0 Å². The molecule has 0 heterocycles. The average Bonchev–Trinajstić information content (AvgIpc) is 2.76. The zero-order chi connectivity index (χ0) is 27.3. The first-order valence-electron chi connectivity index (χ1n) is 11.5. The maximum atomic E-state index is 12.9. The lowest BCUT2D eigenvalue weighted by molar-refractivity contribution is -0.144. The highest BCUT2D eigenvalue weighted by molar-refractivity contribution is 5.94. The van der Waals surface area contributed by atoms with Crippen LogP contribution < -0.4 is 21.7 Å². The van der Waals surface area contributed by atoms with Gasteiger partial charge in [0, 0.05) is 12.8 Å². The number of aliphatic carboxylic acids is 3. The van der Waals surface area contributed by atoms with Crippen LogP contribution in [0.5, 0.6) is 0 Å². The summed E-state index contributed by atoms with van der Waals surface area (Å²) in [7, 11) is 0. The van der Waals surface area contributed by atoms with Gasteiger partial charge in [-0.1, -0.05) is 34.1 Å². The number of hydrogen-bond acceptors (Lipinski definition) is 7. The third kappa shape index (κ3) is 12.7. The van der Waals surface area contributed by atoms with E-state index in [4.69, 9.17) is 15.9 Å². The summed E-state index contributed by atoms with van der Waals surface area (Å²) < 4.78 is 0.